The van der Waals surface area contributed by atoms with Crippen molar-refractivity contribution in [3.63, 3.8) is 0 Å². The van der Waals surface area contributed by atoms with Gasteiger partial charge in [0.05, 0.1) is 18.4 Å². The number of nitrogens with one attached hydrogen (secondary N) is 2. The second kappa shape index (κ2) is 14.1. The molecule has 2 amide bonds. The Morgan fingerprint density at radius 1 is 0.875 bits per heavy atom. The van der Waals surface area contributed by atoms with Gasteiger partial charge in [0.2, 0.25) is 5.91 Å². The van der Waals surface area contributed by atoms with Crippen molar-refractivity contribution >= 4 is 29.4 Å². The highest BCUT2D eigenvalue weighted by Gasteiger charge is 2.24. The number of aliphatic carboxylic acids is 1. The summed E-state index contributed by atoms with van der Waals surface area (Å²) in [7, 11) is 0. The van der Waals surface area contributed by atoms with Crippen LogP contribution in [0, 0.1) is 0 Å². The molecule has 1 fully saturated rings. The predicted molar refractivity (Wildman–Crippen MR) is 158 cm³/mol. The van der Waals surface area contributed by atoms with Crippen LogP contribution < -0.4 is 10.6 Å². The van der Waals surface area contributed by atoms with E-state index in [2.05, 4.69) is 34.9 Å². The first kappa shape index (κ1) is 29.3. The molecule has 0 bridgehead atoms. The van der Waals surface area contributed by atoms with Gasteiger partial charge in [-0.25, -0.2) is 0 Å². The van der Waals surface area contributed by atoms with Crippen LogP contribution in [0.15, 0.2) is 72.8 Å². The van der Waals surface area contributed by atoms with Crippen LogP contribution in [-0.2, 0) is 16.0 Å². The number of hydrogen-bond acceptors (Lipinski definition) is 3. The van der Waals surface area contributed by atoms with Crippen molar-refractivity contribution in [1.29, 1.82) is 0 Å². The average molecular weight is 561 g/mol. The van der Waals surface area contributed by atoms with Gasteiger partial charge in [-0.3, -0.25) is 14.4 Å². The molecule has 0 aromatic heterocycles. The molecule has 0 spiro atoms. The van der Waals surface area contributed by atoms with Gasteiger partial charge >= 0.3 is 5.97 Å². The van der Waals surface area contributed by atoms with Gasteiger partial charge in [-0.1, -0.05) is 79.4 Å². The molecule has 6 nitrogen and oxygen atoms in total. The number of carbonyl (C=O) groups is 3. The van der Waals surface area contributed by atoms with E-state index in [1.54, 1.807) is 12.1 Å². The third kappa shape index (κ3) is 8.18. The summed E-state index contributed by atoms with van der Waals surface area (Å²) in [6.45, 7) is 2.03. The lowest BCUT2D eigenvalue weighted by atomic mass is 9.83. The Morgan fingerprint density at radius 2 is 1.50 bits per heavy atom. The minimum atomic E-state index is -0.961. The highest BCUT2D eigenvalue weighted by molar-refractivity contribution is 6.30. The quantitative estimate of drug-likeness (QED) is 0.240. The molecule has 210 valence electrons. The largest absolute Gasteiger partial charge is 0.481 e. The van der Waals surface area contributed by atoms with E-state index >= 15 is 0 Å². The van der Waals surface area contributed by atoms with Crippen molar-refractivity contribution in [2.75, 3.05) is 6.54 Å². The van der Waals surface area contributed by atoms with E-state index in [1.807, 2.05) is 43.3 Å². The summed E-state index contributed by atoms with van der Waals surface area (Å²) in [6, 6.07) is 23.0. The molecule has 3 N–H and O–H groups in total. The molecule has 2 unspecified atom stereocenters. The fraction of sp³-hybridized carbons (Fsp3) is 0.364. The molecule has 40 heavy (non-hydrogen) atoms. The lowest BCUT2D eigenvalue weighted by molar-refractivity contribution is -0.136. The van der Waals surface area contributed by atoms with Crippen LogP contribution in [0.3, 0.4) is 0 Å². The normalized spacial score (nSPS) is 15.2. The van der Waals surface area contributed by atoms with Crippen molar-refractivity contribution in [3.05, 3.63) is 106 Å². The molecular formula is C33H37ClN2O4. The number of benzene rings is 3. The molecule has 0 radical (unpaired) electrons. The molecule has 3 aromatic carbocycles. The summed E-state index contributed by atoms with van der Waals surface area (Å²) in [5, 5.41) is 15.2. The van der Waals surface area contributed by atoms with E-state index < -0.39 is 11.9 Å². The molecule has 1 aliphatic rings. The number of carboxylic acids is 1. The molecule has 0 aliphatic heterocycles. The van der Waals surface area contributed by atoms with E-state index in [0.717, 1.165) is 16.7 Å². The van der Waals surface area contributed by atoms with Crippen molar-refractivity contribution in [2.24, 2.45) is 0 Å². The average Bonchev–Trinajstić information content (AvgIpc) is 2.97. The van der Waals surface area contributed by atoms with Gasteiger partial charge in [0.15, 0.2) is 0 Å². The van der Waals surface area contributed by atoms with Crippen LogP contribution in [0.2, 0.25) is 5.02 Å². The summed E-state index contributed by atoms with van der Waals surface area (Å²) in [5.41, 5.74) is 4.65. The maximum absolute atomic E-state index is 13.7. The van der Waals surface area contributed by atoms with Crippen LogP contribution in [0.5, 0.6) is 0 Å². The molecule has 7 heteroatoms. The summed E-state index contributed by atoms with van der Waals surface area (Å²) >= 11 is 6.04. The number of amides is 2. The third-order valence-electron chi connectivity index (χ3n) is 7.74. The zero-order valence-electron chi connectivity index (χ0n) is 22.9. The van der Waals surface area contributed by atoms with E-state index in [9.17, 15) is 14.4 Å². The van der Waals surface area contributed by atoms with Crippen molar-refractivity contribution < 1.29 is 19.5 Å². The Hall–Kier alpha value is -3.64. The molecule has 0 heterocycles. The zero-order chi connectivity index (χ0) is 28.5. The lowest BCUT2D eigenvalue weighted by Gasteiger charge is -2.24. The summed E-state index contributed by atoms with van der Waals surface area (Å²) in [4.78, 5) is 36.7. The predicted octanol–water partition coefficient (Wildman–Crippen LogP) is 6.80. The smallest absolute Gasteiger partial charge is 0.305 e. The van der Waals surface area contributed by atoms with Crippen LogP contribution in [-0.4, -0.2) is 29.4 Å². The molecular weight excluding hydrogens is 524 g/mol. The first-order valence-corrected chi connectivity index (χ1v) is 14.4. The summed E-state index contributed by atoms with van der Waals surface area (Å²) in [5.74, 6) is -1.17. The third-order valence-corrected chi connectivity index (χ3v) is 7.99. The highest BCUT2D eigenvalue weighted by atomic mass is 35.5. The number of hydrogen-bond donors (Lipinski definition) is 3. The van der Waals surface area contributed by atoms with E-state index in [1.165, 1.54) is 37.7 Å². The van der Waals surface area contributed by atoms with Gasteiger partial charge in [0.1, 0.15) is 0 Å². The first-order chi connectivity index (χ1) is 19.3. The Balaban J connectivity index is 1.51. The Bertz CT molecular complexity index is 1280. The molecule has 2 atom stereocenters. The maximum atomic E-state index is 13.7. The number of carboxylic acid groups (broad SMARTS) is 1. The fourth-order valence-corrected chi connectivity index (χ4v) is 5.49. The molecule has 1 aliphatic carbocycles. The van der Waals surface area contributed by atoms with E-state index in [0.29, 0.717) is 22.9 Å². The lowest BCUT2D eigenvalue weighted by Crippen LogP contribution is -2.32. The SMILES string of the molecule is CC(NC(=O)C(Cc1ccc(C(=O)NCCC(=O)O)cc1)c1ccc(C2CCCCC2)cc1)c1ccc(Cl)cc1. The Kier molecular flexibility index (Phi) is 10.4. The van der Waals surface area contributed by atoms with Crippen molar-refractivity contribution in [1.82, 2.24) is 10.6 Å². The minimum absolute atomic E-state index is 0.0663. The van der Waals surface area contributed by atoms with Gasteiger partial charge in [0.25, 0.3) is 5.91 Å². The maximum Gasteiger partial charge on any atom is 0.305 e. The summed E-state index contributed by atoms with van der Waals surface area (Å²) in [6.07, 6.45) is 6.64. The number of rotatable bonds is 11. The van der Waals surface area contributed by atoms with Crippen LogP contribution >= 0.6 is 11.6 Å². The number of carbonyl (C=O) groups excluding carboxylic acids is 2. The van der Waals surface area contributed by atoms with Crippen LogP contribution in [0.1, 0.15) is 95.9 Å². The topological polar surface area (TPSA) is 95.5 Å². The molecule has 4 rings (SSSR count). The fourth-order valence-electron chi connectivity index (χ4n) is 5.36. The van der Waals surface area contributed by atoms with E-state index in [-0.39, 0.29) is 30.8 Å². The zero-order valence-corrected chi connectivity index (χ0v) is 23.6. The molecule has 1 saturated carbocycles. The van der Waals surface area contributed by atoms with Crippen LogP contribution in [0.25, 0.3) is 0 Å². The van der Waals surface area contributed by atoms with Gasteiger partial charge in [0, 0.05) is 17.1 Å². The highest BCUT2D eigenvalue weighted by Crippen LogP contribution is 2.33. The molecule has 3 aromatic rings. The minimum Gasteiger partial charge on any atom is -0.481 e. The van der Waals surface area contributed by atoms with Gasteiger partial charge in [-0.2, -0.15) is 0 Å². The Morgan fingerprint density at radius 3 is 2.12 bits per heavy atom. The van der Waals surface area contributed by atoms with Crippen molar-refractivity contribution in [3.8, 4) is 0 Å². The Labute approximate surface area is 241 Å². The first-order valence-electron chi connectivity index (χ1n) is 14.0. The van der Waals surface area contributed by atoms with Gasteiger partial charge in [-0.15, -0.1) is 0 Å². The standard InChI is InChI=1S/C33H37ClN2O4/c1-22(24-15-17-29(34)18-16-24)36-33(40)30(27-13-11-26(12-14-27)25-5-3-2-4-6-25)21-23-7-9-28(10-8-23)32(39)35-20-19-31(37)38/h7-18,22,25,30H,2-6,19-21H2,1H3,(H,35,39)(H,36,40)(H,37,38). The second-order valence-corrected chi connectivity index (χ2v) is 11.1. The summed E-state index contributed by atoms with van der Waals surface area (Å²) < 4.78 is 0. The monoisotopic (exact) mass is 560 g/mol. The van der Waals surface area contributed by atoms with Gasteiger partial charge in [-0.05, 0) is 78.6 Å². The number of halogens is 1. The second-order valence-electron chi connectivity index (χ2n) is 10.6. The van der Waals surface area contributed by atoms with Gasteiger partial charge < -0.3 is 15.7 Å². The van der Waals surface area contributed by atoms with E-state index in [4.69, 9.17) is 16.7 Å². The van der Waals surface area contributed by atoms with Crippen LogP contribution in [0.4, 0.5) is 0 Å². The molecule has 0 saturated heterocycles. The van der Waals surface area contributed by atoms with Crippen molar-refractivity contribution in [2.45, 2.75) is 69.7 Å².